The summed E-state index contributed by atoms with van der Waals surface area (Å²) >= 11 is 2.51. The van der Waals surface area contributed by atoms with Crippen molar-refractivity contribution in [1.82, 2.24) is 9.80 Å². The first-order valence-electron chi connectivity index (χ1n) is 11.5. The van der Waals surface area contributed by atoms with Crippen molar-refractivity contribution < 1.29 is 28.7 Å². The van der Waals surface area contributed by atoms with Crippen LogP contribution in [0, 0.1) is 0 Å². The lowest BCUT2D eigenvalue weighted by molar-refractivity contribution is -0.129. The highest BCUT2D eigenvalue weighted by Gasteiger charge is 2.41. The van der Waals surface area contributed by atoms with Gasteiger partial charge in [0.05, 0.1) is 12.2 Å². The Bertz CT molecular complexity index is 1390. The van der Waals surface area contributed by atoms with E-state index in [1.165, 1.54) is 23.3 Å². The van der Waals surface area contributed by atoms with E-state index in [2.05, 4.69) is 10.0 Å². The Labute approximate surface area is 227 Å². The smallest absolute Gasteiger partial charge is 0.341 e. The van der Waals surface area contributed by atoms with E-state index in [0.717, 1.165) is 15.3 Å². The fraction of sp³-hybridized carbons (Fsp3) is 0.192. The molecule has 0 aliphatic carbocycles. The molecule has 2 aromatic carbocycles. The van der Waals surface area contributed by atoms with Crippen LogP contribution in [0.3, 0.4) is 0 Å². The van der Waals surface area contributed by atoms with Crippen LogP contribution in [-0.4, -0.2) is 65.5 Å². The highest BCUT2D eigenvalue weighted by molar-refractivity contribution is 7.99. The number of imide groups is 2. The molecule has 0 saturated carbocycles. The molecule has 1 aliphatic heterocycles. The molecule has 4 rings (SSSR count). The van der Waals surface area contributed by atoms with Crippen molar-refractivity contribution in [2.75, 3.05) is 36.0 Å². The maximum Gasteiger partial charge on any atom is 0.341 e. The van der Waals surface area contributed by atoms with Crippen molar-refractivity contribution in [3.8, 4) is 10.4 Å². The van der Waals surface area contributed by atoms with E-state index in [0.29, 0.717) is 10.6 Å². The molecule has 1 fully saturated rings. The minimum Gasteiger partial charge on any atom is -0.462 e. The molecule has 0 atom stereocenters. The van der Waals surface area contributed by atoms with E-state index < -0.39 is 42.8 Å². The summed E-state index contributed by atoms with van der Waals surface area (Å²) in [4.78, 5) is 66.1. The van der Waals surface area contributed by atoms with E-state index in [9.17, 15) is 24.0 Å². The van der Waals surface area contributed by atoms with Crippen LogP contribution in [0.25, 0.3) is 10.4 Å². The highest BCUT2D eigenvalue weighted by atomic mass is 32.2. The SMILES string of the molecule is CCOC(=O)c1cc(-c2ccccc2)sc1NC(=O)CN1C(=O)CN(C(=O)c2cccc(NSC)c2)C1=O. The van der Waals surface area contributed by atoms with Crippen LogP contribution in [0.2, 0.25) is 0 Å². The van der Waals surface area contributed by atoms with Gasteiger partial charge < -0.3 is 14.8 Å². The van der Waals surface area contributed by atoms with Crippen LogP contribution in [0.15, 0.2) is 60.7 Å². The van der Waals surface area contributed by atoms with Gasteiger partial charge in [0.25, 0.3) is 11.8 Å². The minimum absolute atomic E-state index is 0.152. The van der Waals surface area contributed by atoms with E-state index in [1.54, 1.807) is 37.3 Å². The molecule has 0 unspecified atom stereocenters. The minimum atomic E-state index is -0.889. The second-order valence-electron chi connectivity index (χ2n) is 8.03. The summed E-state index contributed by atoms with van der Waals surface area (Å²) in [6.07, 6.45) is 1.83. The quantitative estimate of drug-likeness (QED) is 0.228. The summed E-state index contributed by atoms with van der Waals surface area (Å²) in [5.41, 5.74) is 1.90. The van der Waals surface area contributed by atoms with Crippen LogP contribution in [0.5, 0.6) is 0 Å². The highest BCUT2D eigenvalue weighted by Crippen LogP contribution is 2.36. The number of carbonyl (C=O) groups is 5. The van der Waals surface area contributed by atoms with Gasteiger partial charge in [-0.1, -0.05) is 48.3 Å². The molecule has 1 aromatic heterocycles. The molecule has 0 spiro atoms. The molecule has 196 valence electrons. The van der Waals surface area contributed by atoms with Gasteiger partial charge in [0.1, 0.15) is 18.1 Å². The number of nitrogens with one attached hydrogen (secondary N) is 2. The molecule has 2 N–H and O–H groups in total. The number of benzene rings is 2. The molecule has 1 aliphatic rings. The number of hydrogen-bond acceptors (Lipinski definition) is 9. The fourth-order valence-electron chi connectivity index (χ4n) is 3.74. The first kappa shape index (κ1) is 26.9. The molecular formula is C26H24N4O6S2. The molecular weight excluding hydrogens is 528 g/mol. The molecule has 5 amide bonds. The largest absolute Gasteiger partial charge is 0.462 e. The van der Waals surface area contributed by atoms with Crippen molar-refractivity contribution in [3.63, 3.8) is 0 Å². The molecule has 2 heterocycles. The second-order valence-corrected chi connectivity index (χ2v) is 9.69. The van der Waals surface area contributed by atoms with Crippen LogP contribution >= 0.6 is 23.3 Å². The second kappa shape index (κ2) is 11.9. The molecule has 0 radical (unpaired) electrons. The Morgan fingerprint density at radius 1 is 1.05 bits per heavy atom. The zero-order valence-corrected chi connectivity index (χ0v) is 22.2. The van der Waals surface area contributed by atoms with Gasteiger partial charge in [-0.05, 0) is 36.8 Å². The molecule has 0 bridgehead atoms. The molecule has 10 nitrogen and oxygen atoms in total. The Morgan fingerprint density at radius 3 is 2.53 bits per heavy atom. The number of hydrogen-bond donors (Lipinski definition) is 2. The maximum absolute atomic E-state index is 12.9. The Morgan fingerprint density at radius 2 is 1.82 bits per heavy atom. The zero-order chi connectivity index (χ0) is 27.2. The van der Waals surface area contributed by atoms with Crippen molar-refractivity contribution in [3.05, 3.63) is 71.8 Å². The van der Waals surface area contributed by atoms with E-state index in [1.807, 2.05) is 36.6 Å². The maximum atomic E-state index is 12.9. The van der Waals surface area contributed by atoms with Crippen LogP contribution in [0.4, 0.5) is 15.5 Å². The Balaban J connectivity index is 1.49. The third-order valence-corrected chi connectivity index (χ3v) is 7.01. The normalized spacial score (nSPS) is 13.0. The molecule has 38 heavy (non-hydrogen) atoms. The number of urea groups is 1. The van der Waals surface area contributed by atoms with Crippen molar-refractivity contribution >= 4 is 63.7 Å². The van der Waals surface area contributed by atoms with Crippen molar-refractivity contribution in [2.24, 2.45) is 0 Å². The number of ether oxygens (including phenoxy) is 1. The fourth-order valence-corrected chi connectivity index (χ4v) is 5.17. The summed E-state index contributed by atoms with van der Waals surface area (Å²) in [6.45, 7) is 0.736. The van der Waals surface area contributed by atoms with Crippen molar-refractivity contribution in [2.45, 2.75) is 6.92 Å². The van der Waals surface area contributed by atoms with Gasteiger partial charge in [-0.15, -0.1) is 11.3 Å². The first-order chi connectivity index (χ1) is 18.3. The van der Waals surface area contributed by atoms with Gasteiger partial charge >= 0.3 is 12.0 Å². The lowest BCUT2D eigenvalue weighted by Crippen LogP contribution is -2.40. The summed E-state index contributed by atoms with van der Waals surface area (Å²) in [5.74, 6) is -2.63. The first-order valence-corrected chi connectivity index (χ1v) is 13.6. The standard InChI is InChI=1S/C26H24N4O6S2/c1-3-36-25(34)19-13-20(16-8-5-4-6-9-16)38-23(19)27-21(31)14-29-22(32)15-30(26(29)35)24(33)17-10-7-11-18(12-17)28-37-2/h4-13,28H,3,14-15H2,1-2H3,(H,27,31). The third-order valence-electron chi connectivity index (χ3n) is 5.47. The van der Waals surface area contributed by atoms with Gasteiger partial charge in [0, 0.05) is 22.4 Å². The van der Waals surface area contributed by atoms with E-state index in [4.69, 9.17) is 4.74 Å². The monoisotopic (exact) mass is 552 g/mol. The number of carbonyl (C=O) groups excluding carboxylic acids is 5. The average molecular weight is 553 g/mol. The van der Waals surface area contributed by atoms with Crippen LogP contribution in [0.1, 0.15) is 27.6 Å². The number of esters is 1. The Kier molecular flexibility index (Phi) is 8.44. The van der Waals surface area contributed by atoms with Gasteiger partial charge in [0.15, 0.2) is 0 Å². The van der Waals surface area contributed by atoms with Crippen molar-refractivity contribution in [1.29, 1.82) is 0 Å². The number of amides is 5. The molecule has 1 saturated heterocycles. The average Bonchev–Trinajstić information content (AvgIpc) is 3.45. The van der Waals surface area contributed by atoms with Gasteiger partial charge in [-0.2, -0.15) is 0 Å². The van der Waals surface area contributed by atoms with E-state index in [-0.39, 0.29) is 22.7 Å². The van der Waals surface area contributed by atoms with Gasteiger partial charge in [0.2, 0.25) is 5.91 Å². The van der Waals surface area contributed by atoms with Gasteiger partial charge in [-0.25, -0.2) is 9.59 Å². The van der Waals surface area contributed by atoms with Gasteiger partial charge in [-0.3, -0.25) is 24.2 Å². The Hall–Kier alpha value is -4.16. The number of anilines is 2. The number of nitrogens with zero attached hydrogens (tertiary/aromatic N) is 2. The van der Waals surface area contributed by atoms with Crippen LogP contribution in [-0.2, 0) is 14.3 Å². The predicted molar refractivity (Wildman–Crippen MR) is 146 cm³/mol. The predicted octanol–water partition coefficient (Wildman–Crippen LogP) is 4.32. The third kappa shape index (κ3) is 5.87. The molecule has 3 aromatic rings. The summed E-state index contributed by atoms with van der Waals surface area (Å²) < 4.78 is 8.12. The topological polar surface area (TPSA) is 125 Å². The molecule has 12 heteroatoms. The lowest BCUT2D eigenvalue weighted by atomic mass is 10.1. The summed E-state index contributed by atoms with van der Waals surface area (Å²) in [6, 6.07) is 16.6. The summed E-state index contributed by atoms with van der Waals surface area (Å²) in [7, 11) is 0. The van der Waals surface area contributed by atoms with Crippen LogP contribution < -0.4 is 10.0 Å². The zero-order valence-electron chi connectivity index (χ0n) is 20.6. The van der Waals surface area contributed by atoms with E-state index >= 15 is 0 Å². The lowest BCUT2D eigenvalue weighted by Gasteiger charge is -2.16. The number of rotatable bonds is 9. The number of thiophene rings is 1. The summed E-state index contributed by atoms with van der Waals surface area (Å²) in [5, 5.41) is 2.86.